The number of benzene rings is 1. The molecule has 1 saturated heterocycles. The van der Waals surface area contributed by atoms with E-state index < -0.39 is 0 Å². The summed E-state index contributed by atoms with van der Waals surface area (Å²) in [4.78, 5) is 29.7. The smallest absolute Gasteiger partial charge is 0.257 e. The Morgan fingerprint density at radius 1 is 1.03 bits per heavy atom. The van der Waals surface area contributed by atoms with E-state index in [-0.39, 0.29) is 11.7 Å². The number of carbonyl (C=O) groups is 2. The van der Waals surface area contributed by atoms with Gasteiger partial charge in [-0.1, -0.05) is 12.1 Å². The standard InChI is InChI=1S/C23H31N3O3/c1-16(2)26-17(3)14-20(18(26)4)21(27)15-24-10-12-25(13-11-24)23(28)19-8-6-7-9-22(19)29-5/h6-9,14,16H,10-13,15H2,1-5H3. The molecule has 1 aliphatic heterocycles. The SMILES string of the molecule is COc1ccccc1C(=O)N1CCN(CC(=O)c2cc(C)n(C(C)C)c2C)CC1. The molecule has 29 heavy (non-hydrogen) atoms. The van der Waals surface area contributed by atoms with Crippen LogP contribution in [0.4, 0.5) is 0 Å². The summed E-state index contributed by atoms with van der Waals surface area (Å²) < 4.78 is 7.52. The Morgan fingerprint density at radius 2 is 1.69 bits per heavy atom. The number of ketones is 1. The van der Waals surface area contributed by atoms with Crippen LogP contribution in [0.25, 0.3) is 0 Å². The van der Waals surface area contributed by atoms with E-state index in [1.807, 2.05) is 36.9 Å². The molecule has 1 aromatic carbocycles. The lowest BCUT2D eigenvalue weighted by atomic mass is 10.1. The molecule has 0 saturated carbocycles. The summed E-state index contributed by atoms with van der Waals surface area (Å²) in [5.74, 6) is 0.721. The Bertz CT molecular complexity index is 893. The number of methoxy groups -OCH3 is 1. The second-order valence-corrected chi connectivity index (χ2v) is 7.94. The van der Waals surface area contributed by atoms with E-state index in [9.17, 15) is 9.59 Å². The maximum absolute atomic E-state index is 12.9. The van der Waals surface area contributed by atoms with E-state index in [4.69, 9.17) is 4.74 Å². The number of amides is 1. The van der Waals surface area contributed by atoms with Crippen LogP contribution in [-0.4, -0.2) is 65.9 Å². The Hall–Kier alpha value is -2.60. The van der Waals surface area contributed by atoms with Crippen LogP contribution in [0.15, 0.2) is 30.3 Å². The fraction of sp³-hybridized carbons (Fsp3) is 0.478. The highest BCUT2D eigenvalue weighted by Crippen LogP contribution is 2.22. The van der Waals surface area contributed by atoms with Gasteiger partial charge in [-0.3, -0.25) is 14.5 Å². The molecule has 1 amide bonds. The van der Waals surface area contributed by atoms with Gasteiger partial charge in [0.2, 0.25) is 0 Å². The van der Waals surface area contributed by atoms with Gasteiger partial charge in [-0.2, -0.15) is 0 Å². The normalized spacial score (nSPS) is 15.0. The van der Waals surface area contributed by atoms with Crippen molar-refractivity contribution in [3.8, 4) is 5.75 Å². The zero-order valence-corrected chi connectivity index (χ0v) is 18.1. The molecule has 0 radical (unpaired) electrons. The highest BCUT2D eigenvalue weighted by molar-refractivity contribution is 5.99. The third-order valence-electron chi connectivity index (χ3n) is 5.67. The first-order chi connectivity index (χ1) is 13.8. The minimum Gasteiger partial charge on any atom is -0.496 e. The summed E-state index contributed by atoms with van der Waals surface area (Å²) >= 11 is 0. The molecule has 0 spiro atoms. The van der Waals surface area contributed by atoms with Gasteiger partial charge in [0.15, 0.2) is 5.78 Å². The third kappa shape index (κ3) is 4.37. The molecular weight excluding hydrogens is 366 g/mol. The third-order valence-corrected chi connectivity index (χ3v) is 5.67. The van der Waals surface area contributed by atoms with Crippen molar-refractivity contribution in [3.05, 3.63) is 52.8 Å². The largest absolute Gasteiger partial charge is 0.496 e. The molecule has 1 aromatic heterocycles. The molecule has 2 aromatic rings. The van der Waals surface area contributed by atoms with E-state index >= 15 is 0 Å². The number of ether oxygens (including phenoxy) is 1. The molecule has 6 heteroatoms. The molecule has 1 fully saturated rings. The Kier molecular flexibility index (Phi) is 6.42. The lowest BCUT2D eigenvalue weighted by molar-refractivity contribution is 0.0621. The van der Waals surface area contributed by atoms with Gasteiger partial charge >= 0.3 is 0 Å². The number of nitrogens with zero attached hydrogens (tertiary/aromatic N) is 3. The van der Waals surface area contributed by atoms with Crippen LogP contribution in [0.1, 0.15) is 52.0 Å². The predicted molar refractivity (Wildman–Crippen MR) is 114 cm³/mol. The molecule has 6 nitrogen and oxygen atoms in total. The van der Waals surface area contributed by atoms with E-state index in [0.29, 0.717) is 50.1 Å². The van der Waals surface area contributed by atoms with Gasteiger partial charge in [-0.25, -0.2) is 0 Å². The van der Waals surface area contributed by atoms with Crippen molar-refractivity contribution in [1.82, 2.24) is 14.4 Å². The first-order valence-corrected chi connectivity index (χ1v) is 10.2. The van der Waals surface area contributed by atoms with Crippen molar-refractivity contribution in [3.63, 3.8) is 0 Å². The van der Waals surface area contributed by atoms with Crippen LogP contribution in [-0.2, 0) is 0 Å². The monoisotopic (exact) mass is 397 g/mol. The van der Waals surface area contributed by atoms with Crippen LogP contribution in [0.2, 0.25) is 0 Å². The van der Waals surface area contributed by atoms with Gasteiger partial charge in [-0.15, -0.1) is 0 Å². The molecule has 2 heterocycles. The van der Waals surface area contributed by atoms with Gasteiger partial charge < -0.3 is 14.2 Å². The molecule has 3 rings (SSSR count). The fourth-order valence-electron chi connectivity index (χ4n) is 4.24. The van der Waals surface area contributed by atoms with Crippen molar-refractivity contribution < 1.29 is 14.3 Å². The number of aromatic nitrogens is 1. The number of hydrogen-bond donors (Lipinski definition) is 0. The molecule has 0 bridgehead atoms. The summed E-state index contributed by atoms with van der Waals surface area (Å²) in [6.45, 7) is 11.3. The summed E-state index contributed by atoms with van der Waals surface area (Å²) in [6.07, 6.45) is 0. The molecular formula is C23H31N3O3. The van der Waals surface area contributed by atoms with Crippen LogP contribution in [0.5, 0.6) is 5.75 Å². The van der Waals surface area contributed by atoms with Crippen molar-refractivity contribution in [1.29, 1.82) is 0 Å². The lowest BCUT2D eigenvalue weighted by Gasteiger charge is -2.34. The molecule has 0 N–H and O–H groups in total. The van der Waals surface area contributed by atoms with Crippen molar-refractivity contribution in [2.75, 3.05) is 39.8 Å². The summed E-state index contributed by atoms with van der Waals surface area (Å²) in [6, 6.07) is 9.63. The minimum atomic E-state index is -0.0195. The Balaban J connectivity index is 1.61. The molecule has 0 atom stereocenters. The van der Waals surface area contributed by atoms with Gasteiger partial charge in [0, 0.05) is 49.2 Å². The van der Waals surface area contributed by atoms with Gasteiger partial charge in [-0.05, 0) is 45.9 Å². The maximum atomic E-state index is 12.9. The number of rotatable bonds is 6. The maximum Gasteiger partial charge on any atom is 0.257 e. The van der Waals surface area contributed by atoms with E-state index in [1.54, 1.807) is 19.2 Å². The number of piperazine rings is 1. The average Bonchev–Trinajstić information content (AvgIpc) is 3.02. The van der Waals surface area contributed by atoms with Gasteiger partial charge in [0.25, 0.3) is 5.91 Å². The summed E-state index contributed by atoms with van der Waals surface area (Å²) in [7, 11) is 1.58. The van der Waals surface area contributed by atoms with Crippen LogP contribution >= 0.6 is 0 Å². The molecule has 156 valence electrons. The Labute approximate surface area is 173 Å². The van der Waals surface area contributed by atoms with Crippen molar-refractivity contribution >= 4 is 11.7 Å². The highest BCUT2D eigenvalue weighted by Gasteiger charge is 2.26. The van der Waals surface area contributed by atoms with Crippen LogP contribution in [0.3, 0.4) is 0 Å². The number of para-hydroxylation sites is 1. The highest BCUT2D eigenvalue weighted by atomic mass is 16.5. The van der Waals surface area contributed by atoms with E-state index in [2.05, 4.69) is 23.3 Å². The first-order valence-electron chi connectivity index (χ1n) is 10.2. The quantitative estimate of drug-likeness (QED) is 0.702. The zero-order valence-electron chi connectivity index (χ0n) is 18.1. The minimum absolute atomic E-state index is 0.0195. The summed E-state index contributed by atoms with van der Waals surface area (Å²) in [5, 5.41) is 0. The predicted octanol–water partition coefficient (Wildman–Crippen LogP) is 3.34. The Morgan fingerprint density at radius 3 is 2.28 bits per heavy atom. The number of aryl methyl sites for hydroxylation is 1. The van der Waals surface area contributed by atoms with Crippen LogP contribution in [0, 0.1) is 13.8 Å². The number of Topliss-reactive ketones (excluding diaryl/α,β-unsaturated/α-hetero) is 1. The topological polar surface area (TPSA) is 54.8 Å². The zero-order chi connectivity index (χ0) is 21.1. The second-order valence-electron chi connectivity index (χ2n) is 7.94. The fourth-order valence-corrected chi connectivity index (χ4v) is 4.24. The average molecular weight is 398 g/mol. The first kappa shape index (κ1) is 21.1. The molecule has 0 unspecified atom stereocenters. The van der Waals surface area contributed by atoms with Crippen molar-refractivity contribution in [2.45, 2.75) is 33.7 Å². The second kappa shape index (κ2) is 8.82. The number of hydrogen-bond acceptors (Lipinski definition) is 4. The number of carbonyl (C=O) groups excluding carboxylic acids is 2. The lowest BCUT2D eigenvalue weighted by Crippen LogP contribution is -2.50. The van der Waals surface area contributed by atoms with E-state index in [0.717, 1.165) is 17.0 Å². The van der Waals surface area contributed by atoms with E-state index in [1.165, 1.54) is 0 Å². The van der Waals surface area contributed by atoms with Gasteiger partial charge in [0.1, 0.15) is 5.75 Å². The molecule has 0 aliphatic carbocycles. The summed E-state index contributed by atoms with van der Waals surface area (Å²) in [5.41, 5.74) is 3.55. The molecule has 1 aliphatic rings. The van der Waals surface area contributed by atoms with Gasteiger partial charge in [0.05, 0.1) is 19.2 Å². The van der Waals surface area contributed by atoms with Crippen molar-refractivity contribution in [2.24, 2.45) is 0 Å². The van der Waals surface area contributed by atoms with Crippen LogP contribution < -0.4 is 4.74 Å².